The molecule has 112 valence electrons. The summed E-state index contributed by atoms with van der Waals surface area (Å²) in [5.41, 5.74) is 3.61. The Morgan fingerprint density at radius 3 is 2.86 bits per heavy atom. The van der Waals surface area contributed by atoms with Gasteiger partial charge in [-0.3, -0.25) is 4.79 Å². The predicted octanol–water partition coefficient (Wildman–Crippen LogP) is 3.73. The molecular weight excluding hydrogens is 298 g/mol. The number of hydrogen-bond donors (Lipinski definition) is 1. The van der Waals surface area contributed by atoms with Crippen LogP contribution >= 0.6 is 11.3 Å². The molecule has 4 nitrogen and oxygen atoms in total. The number of ether oxygens (including phenoxy) is 1. The first-order valence-electron chi connectivity index (χ1n) is 6.99. The number of benzene rings is 1. The second-order valence-electron chi connectivity index (χ2n) is 4.96. The number of carbonyl (C=O) groups excluding carboxylic acids is 2. The summed E-state index contributed by atoms with van der Waals surface area (Å²) in [6.45, 7) is 4.09. The molecular formula is C17H15NO3S. The molecule has 22 heavy (non-hydrogen) atoms. The van der Waals surface area contributed by atoms with E-state index in [1.54, 1.807) is 36.5 Å². The number of hydrogen-bond acceptors (Lipinski definition) is 4. The lowest BCUT2D eigenvalue weighted by Crippen LogP contribution is -2.04. The molecule has 1 aromatic carbocycles. The lowest BCUT2D eigenvalue weighted by Gasteiger charge is -2.04. The maximum atomic E-state index is 12.2. The van der Waals surface area contributed by atoms with Crippen molar-refractivity contribution >= 4 is 40.5 Å². The lowest BCUT2D eigenvalue weighted by molar-refractivity contribution is -0.110. The van der Waals surface area contributed by atoms with Gasteiger partial charge in [0.2, 0.25) is 0 Å². The number of rotatable bonds is 3. The Bertz CT molecular complexity index is 789. The van der Waals surface area contributed by atoms with Crippen molar-refractivity contribution in [3.05, 3.63) is 51.2 Å². The van der Waals surface area contributed by atoms with Crippen molar-refractivity contribution in [2.24, 2.45) is 0 Å². The number of amides is 1. The fourth-order valence-corrected chi connectivity index (χ4v) is 3.19. The van der Waals surface area contributed by atoms with Gasteiger partial charge < -0.3 is 10.1 Å². The summed E-state index contributed by atoms with van der Waals surface area (Å²) in [6.07, 6.45) is 1.87. The highest BCUT2D eigenvalue weighted by molar-refractivity contribution is 7.11. The summed E-state index contributed by atoms with van der Waals surface area (Å²) < 4.78 is 5.01. The number of carbonyl (C=O) groups is 2. The first-order chi connectivity index (χ1) is 10.6. The van der Waals surface area contributed by atoms with Gasteiger partial charge >= 0.3 is 5.97 Å². The molecule has 1 aliphatic rings. The summed E-state index contributed by atoms with van der Waals surface area (Å²) >= 11 is 1.58. The fourth-order valence-electron chi connectivity index (χ4n) is 2.34. The van der Waals surface area contributed by atoms with Crippen molar-refractivity contribution in [2.75, 3.05) is 11.9 Å². The van der Waals surface area contributed by atoms with Crippen molar-refractivity contribution in [1.29, 1.82) is 0 Å². The molecule has 0 fully saturated rings. The number of fused-ring (bicyclic) bond motifs is 1. The van der Waals surface area contributed by atoms with Gasteiger partial charge in [-0.15, -0.1) is 11.3 Å². The van der Waals surface area contributed by atoms with E-state index in [-0.39, 0.29) is 11.9 Å². The molecule has 0 bridgehead atoms. The van der Waals surface area contributed by atoms with Gasteiger partial charge in [-0.25, -0.2) is 4.79 Å². The Labute approximate surface area is 132 Å². The molecule has 1 amide bonds. The van der Waals surface area contributed by atoms with Gasteiger partial charge in [0.05, 0.1) is 17.7 Å². The lowest BCUT2D eigenvalue weighted by atomic mass is 10.0. The van der Waals surface area contributed by atoms with Crippen molar-refractivity contribution in [2.45, 2.75) is 13.8 Å². The van der Waals surface area contributed by atoms with Crippen LogP contribution in [0.1, 0.15) is 33.3 Å². The molecule has 0 atom stereocenters. The average molecular weight is 313 g/mol. The molecule has 1 N–H and O–H groups in total. The Morgan fingerprint density at radius 1 is 1.36 bits per heavy atom. The van der Waals surface area contributed by atoms with Gasteiger partial charge in [-0.1, -0.05) is 0 Å². The second kappa shape index (κ2) is 5.77. The Morgan fingerprint density at radius 2 is 2.18 bits per heavy atom. The Kier molecular flexibility index (Phi) is 3.81. The molecule has 2 aromatic rings. The number of thiophene rings is 1. The van der Waals surface area contributed by atoms with Crippen LogP contribution < -0.4 is 5.32 Å². The molecule has 3 rings (SSSR count). The zero-order valence-corrected chi connectivity index (χ0v) is 13.1. The van der Waals surface area contributed by atoms with Crippen LogP contribution in [0.15, 0.2) is 29.6 Å². The van der Waals surface area contributed by atoms with Crippen LogP contribution in [0.25, 0.3) is 11.6 Å². The Balaban J connectivity index is 2.04. The number of aryl methyl sites for hydroxylation is 1. The monoisotopic (exact) mass is 313 g/mol. The Hall–Kier alpha value is -2.40. The first kappa shape index (κ1) is 14.5. The highest BCUT2D eigenvalue weighted by Crippen LogP contribution is 2.35. The minimum atomic E-state index is -0.378. The van der Waals surface area contributed by atoms with Crippen LogP contribution in [0.3, 0.4) is 0 Å². The van der Waals surface area contributed by atoms with E-state index in [0.717, 1.165) is 21.7 Å². The molecule has 0 radical (unpaired) electrons. The number of nitrogens with one attached hydrogen (secondary N) is 1. The van der Waals surface area contributed by atoms with E-state index in [9.17, 15) is 9.59 Å². The van der Waals surface area contributed by atoms with Crippen LogP contribution in [-0.2, 0) is 9.53 Å². The number of esters is 1. The van der Waals surface area contributed by atoms with E-state index in [1.807, 2.05) is 24.4 Å². The van der Waals surface area contributed by atoms with Gasteiger partial charge in [-0.2, -0.15) is 0 Å². The first-order valence-corrected chi connectivity index (χ1v) is 7.87. The van der Waals surface area contributed by atoms with Gasteiger partial charge in [0.25, 0.3) is 5.91 Å². The van der Waals surface area contributed by atoms with Crippen molar-refractivity contribution < 1.29 is 14.3 Å². The van der Waals surface area contributed by atoms with E-state index in [4.69, 9.17) is 4.74 Å². The summed E-state index contributed by atoms with van der Waals surface area (Å²) in [7, 11) is 0. The second-order valence-corrected chi connectivity index (χ2v) is 5.91. The molecule has 2 heterocycles. The summed E-state index contributed by atoms with van der Waals surface area (Å²) in [5, 5.41) is 4.81. The normalized spacial score (nSPS) is 14.8. The van der Waals surface area contributed by atoms with E-state index < -0.39 is 0 Å². The summed E-state index contributed by atoms with van der Waals surface area (Å²) in [4.78, 5) is 25.1. The van der Waals surface area contributed by atoms with Gasteiger partial charge in [0.15, 0.2) is 0 Å². The van der Waals surface area contributed by atoms with E-state index >= 15 is 0 Å². The summed E-state index contributed by atoms with van der Waals surface area (Å²) in [5.74, 6) is -0.528. The number of anilines is 1. The minimum absolute atomic E-state index is 0.149. The molecule has 5 heteroatoms. The zero-order valence-electron chi connectivity index (χ0n) is 12.3. The molecule has 0 unspecified atom stereocenters. The van der Waals surface area contributed by atoms with Crippen molar-refractivity contribution in [3.8, 4) is 0 Å². The fraction of sp³-hybridized carbons (Fsp3) is 0.176. The van der Waals surface area contributed by atoms with E-state index in [0.29, 0.717) is 17.7 Å². The molecule has 0 saturated carbocycles. The quantitative estimate of drug-likeness (QED) is 0.694. The van der Waals surface area contributed by atoms with Gasteiger partial charge in [0.1, 0.15) is 0 Å². The van der Waals surface area contributed by atoms with Crippen molar-refractivity contribution in [1.82, 2.24) is 0 Å². The SMILES string of the molecule is CCOC(=O)c1ccc2c(c1)C(=Cc1sccc1C)C(=O)N2. The van der Waals surface area contributed by atoms with Crippen molar-refractivity contribution in [3.63, 3.8) is 0 Å². The highest BCUT2D eigenvalue weighted by atomic mass is 32.1. The van der Waals surface area contributed by atoms with E-state index in [1.165, 1.54) is 0 Å². The average Bonchev–Trinajstić information content (AvgIpc) is 3.03. The van der Waals surface area contributed by atoms with Crippen LogP contribution in [-0.4, -0.2) is 18.5 Å². The van der Waals surface area contributed by atoms with Crippen LogP contribution in [0.5, 0.6) is 0 Å². The predicted molar refractivity (Wildman–Crippen MR) is 88.0 cm³/mol. The standard InChI is InChI=1S/C17H15NO3S/c1-3-21-17(20)11-4-5-14-12(8-11)13(16(19)18-14)9-15-10(2)6-7-22-15/h4-9H,3H2,1-2H3,(H,18,19). The summed E-state index contributed by atoms with van der Waals surface area (Å²) in [6, 6.07) is 7.12. The molecule has 0 aliphatic carbocycles. The molecule has 0 saturated heterocycles. The van der Waals surface area contributed by atoms with Gasteiger partial charge in [0, 0.05) is 16.1 Å². The third-order valence-electron chi connectivity index (χ3n) is 3.49. The highest BCUT2D eigenvalue weighted by Gasteiger charge is 2.25. The topological polar surface area (TPSA) is 55.4 Å². The zero-order chi connectivity index (χ0) is 15.7. The third kappa shape index (κ3) is 2.55. The smallest absolute Gasteiger partial charge is 0.338 e. The maximum absolute atomic E-state index is 12.2. The van der Waals surface area contributed by atoms with Crippen LogP contribution in [0, 0.1) is 6.92 Å². The minimum Gasteiger partial charge on any atom is -0.462 e. The molecule has 1 aromatic heterocycles. The maximum Gasteiger partial charge on any atom is 0.338 e. The third-order valence-corrected chi connectivity index (χ3v) is 4.46. The van der Waals surface area contributed by atoms with Crippen LogP contribution in [0.4, 0.5) is 5.69 Å². The van der Waals surface area contributed by atoms with Gasteiger partial charge in [-0.05, 0) is 55.1 Å². The largest absolute Gasteiger partial charge is 0.462 e. The van der Waals surface area contributed by atoms with E-state index in [2.05, 4.69) is 5.32 Å². The van der Waals surface area contributed by atoms with Crippen LogP contribution in [0.2, 0.25) is 0 Å². The molecule has 1 aliphatic heterocycles. The molecule has 0 spiro atoms.